The lowest BCUT2D eigenvalue weighted by molar-refractivity contribution is -0.148. The van der Waals surface area contributed by atoms with Crippen molar-refractivity contribution in [1.82, 2.24) is 10.2 Å². The van der Waals surface area contributed by atoms with Gasteiger partial charge in [0.05, 0.1) is 6.10 Å². The van der Waals surface area contributed by atoms with E-state index in [0.717, 1.165) is 38.5 Å². The van der Waals surface area contributed by atoms with Crippen LogP contribution in [0.1, 0.15) is 64.7 Å². The van der Waals surface area contributed by atoms with E-state index in [0.29, 0.717) is 6.42 Å². The molecule has 1 fully saturated rings. The Morgan fingerprint density at radius 3 is 2.39 bits per heavy atom. The van der Waals surface area contributed by atoms with Crippen molar-refractivity contribution in [2.75, 3.05) is 13.6 Å². The molecule has 0 aromatic heterocycles. The molecule has 1 atom stereocenters. The highest BCUT2D eigenvalue weighted by molar-refractivity contribution is 6.20. The summed E-state index contributed by atoms with van der Waals surface area (Å²) in [6.45, 7) is 1.90. The summed E-state index contributed by atoms with van der Waals surface area (Å²) in [5.74, 6) is -0.315. The van der Waals surface area contributed by atoms with Crippen LogP contribution in [0.25, 0.3) is 0 Å². The molecule has 132 valence electrons. The summed E-state index contributed by atoms with van der Waals surface area (Å²) in [4.78, 5) is 25.3. The minimum absolute atomic E-state index is 0.00380. The van der Waals surface area contributed by atoms with E-state index >= 15 is 0 Å². The molecular formula is C16H28ClN3O3. The van der Waals surface area contributed by atoms with Crippen LogP contribution in [0, 0.1) is 0 Å². The molecule has 0 radical (unpaired) electrons. The Labute approximate surface area is 143 Å². The minimum Gasteiger partial charge on any atom is -0.461 e. The fraction of sp³-hybridized carbons (Fsp3) is 0.812. The van der Waals surface area contributed by atoms with Crippen molar-refractivity contribution in [3.05, 3.63) is 0 Å². The number of nitrogens with zero attached hydrogens (tertiary/aromatic N) is 2. The van der Waals surface area contributed by atoms with Crippen LogP contribution in [0.15, 0.2) is 4.51 Å². The van der Waals surface area contributed by atoms with Crippen molar-refractivity contribution >= 4 is 29.6 Å². The standard InChI is InChI=1S/C16H28ClN3O3/c1-13-10-8-6-4-3-5-7-9-11-14(21)18-16(19-17)20(2)12-15(22)23-13/h13H,3-12H2,1-2H3,(H,18,19,21)/t13-/m1/s1. The fourth-order valence-electron chi connectivity index (χ4n) is 2.56. The predicted molar refractivity (Wildman–Crippen MR) is 91.2 cm³/mol. The van der Waals surface area contributed by atoms with Gasteiger partial charge in [-0.15, -0.1) is 4.51 Å². The SMILES string of the molecule is C[C@@H]1CCCCCCCCCC(=O)NC(=NCl)N(C)CC(=O)O1. The molecule has 0 aromatic carbocycles. The fourth-order valence-corrected chi connectivity index (χ4v) is 2.73. The first kappa shape index (κ1) is 19.7. The Balaban J connectivity index is 2.61. The molecule has 23 heavy (non-hydrogen) atoms. The van der Waals surface area contributed by atoms with Crippen LogP contribution in [0.5, 0.6) is 0 Å². The molecule has 0 aromatic rings. The monoisotopic (exact) mass is 345 g/mol. The van der Waals surface area contributed by atoms with Crippen molar-refractivity contribution in [1.29, 1.82) is 0 Å². The van der Waals surface area contributed by atoms with E-state index in [1.54, 1.807) is 7.05 Å². The van der Waals surface area contributed by atoms with E-state index in [1.807, 2.05) is 6.92 Å². The number of esters is 1. The lowest BCUT2D eigenvalue weighted by Gasteiger charge is -2.21. The lowest BCUT2D eigenvalue weighted by Crippen LogP contribution is -2.44. The molecule has 0 unspecified atom stereocenters. The number of carbonyl (C=O) groups is 2. The first-order valence-electron chi connectivity index (χ1n) is 8.42. The molecule has 1 rings (SSSR count). The first-order chi connectivity index (χ1) is 11.0. The lowest BCUT2D eigenvalue weighted by atomic mass is 10.1. The molecule has 6 nitrogen and oxygen atoms in total. The van der Waals surface area contributed by atoms with Gasteiger partial charge in [-0.2, -0.15) is 0 Å². The predicted octanol–water partition coefficient (Wildman–Crippen LogP) is 3.00. The van der Waals surface area contributed by atoms with Crippen molar-refractivity contribution < 1.29 is 14.3 Å². The molecule has 1 N–H and O–H groups in total. The number of hydrogen-bond donors (Lipinski definition) is 1. The van der Waals surface area contributed by atoms with Crippen LogP contribution in [0.4, 0.5) is 0 Å². The average molecular weight is 346 g/mol. The zero-order valence-electron chi connectivity index (χ0n) is 14.1. The number of likely N-dealkylation sites (N-methyl/N-ethyl adjacent to an activating group) is 1. The van der Waals surface area contributed by atoms with E-state index in [4.69, 9.17) is 16.5 Å². The number of ether oxygens (including phenoxy) is 1. The third kappa shape index (κ3) is 8.79. The van der Waals surface area contributed by atoms with Gasteiger partial charge in [-0.1, -0.05) is 32.1 Å². The Morgan fingerprint density at radius 2 is 1.74 bits per heavy atom. The van der Waals surface area contributed by atoms with Gasteiger partial charge in [-0.05, 0) is 26.2 Å². The highest BCUT2D eigenvalue weighted by Gasteiger charge is 2.17. The smallest absolute Gasteiger partial charge is 0.325 e. The highest BCUT2D eigenvalue weighted by Crippen LogP contribution is 2.12. The van der Waals surface area contributed by atoms with Crippen LogP contribution < -0.4 is 5.32 Å². The first-order valence-corrected chi connectivity index (χ1v) is 8.76. The molecule has 1 aliphatic rings. The number of carbonyl (C=O) groups excluding carboxylic acids is 2. The molecule has 1 aliphatic heterocycles. The average Bonchev–Trinajstić information content (AvgIpc) is 2.49. The molecule has 0 aliphatic carbocycles. The molecule has 1 amide bonds. The van der Waals surface area contributed by atoms with Gasteiger partial charge in [-0.3, -0.25) is 14.9 Å². The van der Waals surface area contributed by atoms with E-state index in [2.05, 4.69) is 9.83 Å². The summed E-state index contributed by atoms with van der Waals surface area (Å²) in [7, 11) is 1.64. The van der Waals surface area contributed by atoms with E-state index < -0.39 is 0 Å². The van der Waals surface area contributed by atoms with E-state index in [-0.39, 0.29) is 30.5 Å². The molecule has 1 saturated heterocycles. The summed E-state index contributed by atoms with van der Waals surface area (Å²) in [5, 5.41) is 2.64. The Morgan fingerprint density at radius 1 is 1.13 bits per heavy atom. The number of nitrogens with one attached hydrogen (secondary N) is 1. The van der Waals surface area contributed by atoms with Gasteiger partial charge < -0.3 is 9.64 Å². The second-order valence-electron chi connectivity index (χ2n) is 6.13. The molecule has 1 heterocycles. The Hall–Kier alpha value is -1.30. The largest absolute Gasteiger partial charge is 0.461 e. The summed E-state index contributed by atoms with van der Waals surface area (Å²) in [5.41, 5.74) is 0. The zero-order chi connectivity index (χ0) is 17.1. The molecule has 7 heteroatoms. The number of rotatable bonds is 0. The van der Waals surface area contributed by atoms with Gasteiger partial charge in [-0.25, -0.2) is 0 Å². The second kappa shape index (κ2) is 11.3. The van der Waals surface area contributed by atoms with Crippen molar-refractivity contribution in [3.8, 4) is 0 Å². The maximum Gasteiger partial charge on any atom is 0.325 e. The van der Waals surface area contributed by atoms with Crippen LogP contribution in [-0.2, 0) is 14.3 Å². The Bertz CT molecular complexity index is 415. The number of guanidine groups is 1. The number of halogens is 1. The molecule has 0 saturated carbocycles. The second-order valence-corrected chi connectivity index (χ2v) is 6.30. The third-order valence-electron chi connectivity index (χ3n) is 3.91. The van der Waals surface area contributed by atoms with Gasteiger partial charge in [0.15, 0.2) is 0 Å². The number of hydrogen-bond acceptors (Lipinski definition) is 4. The summed E-state index contributed by atoms with van der Waals surface area (Å²) in [6.07, 6.45) is 8.87. The summed E-state index contributed by atoms with van der Waals surface area (Å²) < 4.78 is 8.90. The quantitative estimate of drug-likeness (QED) is 0.685. The molecule has 0 bridgehead atoms. The third-order valence-corrected chi connectivity index (χ3v) is 4.07. The van der Waals surface area contributed by atoms with Crippen LogP contribution in [0.2, 0.25) is 0 Å². The van der Waals surface area contributed by atoms with Crippen LogP contribution >= 0.6 is 11.8 Å². The summed E-state index contributed by atoms with van der Waals surface area (Å²) in [6, 6.07) is 0. The molecular weight excluding hydrogens is 318 g/mol. The van der Waals surface area contributed by atoms with Crippen molar-refractivity contribution in [3.63, 3.8) is 0 Å². The van der Waals surface area contributed by atoms with Crippen LogP contribution in [0.3, 0.4) is 0 Å². The maximum atomic E-state index is 11.9. The Kier molecular flexibility index (Phi) is 9.67. The number of cyclic esters (lactones) is 1. The summed E-state index contributed by atoms with van der Waals surface area (Å²) >= 11 is 5.52. The topological polar surface area (TPSA) is 71.0 Å². The number of amides is 1. The van der Waals surface area contributed by atoms with Gasteiger partial charge in [0, 0.05) is 25.2 Å². The van der Waals surface area contributed by atoms with E-state index in [9.17, 15) is 9.59 Å². The van der Waals surface area contributed by atoms with Gasteiger partial charge in [0.1, 0.15) is 6.54 Å². The van der Waals surface area contributed by atoms with Gasteiger partial charge in [0.2, 0.25) is 11.9 Å². The van der Waals surface area contributed by atoms with E-state index in [1.165, 1.54) is 17.7 Å². The zero-order valence-corrected chi connectivity index (χ0v) is 14.9. The molecule has 0 spiro atoms. The highest BCUT2D eigenvalue weighted by atomic mass is 35.5. The normalized spacial score (nSPS) is 25.6. The van der Waals surface area contributed by atoms with Crippen LogP contribution in [-0.4, -0.2) is 42.4 Å². The maximum absolute atomic E-state index is 11.9. The van der Waals surface area contributed by atoms with Gasteiger partial charge in [0.25, 0.3) is 0 Å². The van der Waals surface area contributed by atoms with Gasteiger partial charge >= 0.3 is 5.97 Å². The minimum atomic E-state index is -0.351. The van der Waals surface area contributed by atoms with Crippen molar-refractivity contribution in [2.24, 2.45) is 4.51 Å². The van der Waals surface area contributed by atoms with Crippen molar-refractivity contribution in [2.45, 2.75) is 70.8 Å².